The number of halogens is 1. The Morgan fingerprint density at radius 3 is 2.94 bits per heavy atom. The maximum Gasteiger partial charge on any atom is 0.309 e. The van der Waals surface area contributed by atoms with Crippen molar-refractivity contribution in [3.05, 3.63) is 41.2 Å². The van der Waals surface area contributed by atoms with E-state index in [1.165, 1.54) is 17.4 Å². The average Bonchev–Trinajstić information content (AvgIpc) is 2.68. The van der Waals surface area contributed by atoms with Gasteiger partial charge in [0.2, 0.25) is 0 Å². The molecule has 1 aromatic carbocycles. The first-order chi connectivity index (χ1) is 8.15. The van der Waals surface area contributed by atoms with Gasteiger partial charge < -0.3 is 10.4 Å². The average molecular weight is 252 g/mol. The largest absolute Gasteiger partial charge is 0.481 e. The molecule has 0 unspecified atom stereocenters. The minimum atomic E-state index is -0.937. The fraction of sp³-hybridized carbons (Fsp3) is 0.0909. The van der Waals surface area contributed by atoms with E-state index in [2.05, 4.69) is 10.3 Å². The van der Waals surface area contributed by atoms with E-state index in [0.29, 0.717) is 16.5 Å². The van der Waals surface area contributed by atoms with Crippen molar-refractivity contribution in [2.45, 2.75) is 6.42 Å². The van der Waals surface area contributed by atoms with Crippen LogP contribution in [0.2, 0.25) is 0 Å². The molecule has 4 nitrogen and oxygen atoms in total. The highest BCUT2D eigenvalue weighted by molar-refractivity contribution is 7.13. The molecule has 0 amide bonds. The molecule has 6 heteroatoms. The Kier molecular flexibility index (Phi) is 3.34. The maximum absolute atomic E-state index is 13.3. The van der Waals surface area contributed by atoms with Crippen LogP contribution in [0, 0.1) is 5.82 Å². The summed E-state index contributed by atoms with van der Waals surface area (Å²) in [6.07, 6.45) is -0.130. The molecule has 17 heavy (non-hydrogen) atoms. The highest BCUT2D eigenvalue weighted by Crippen LogP contribution is 2.22. The number of carbonyl (C=O) groups is 1. The molecule has 1 aromatic heterocycles. The zero-order valence-electron chi connectivity index (χ0n) is 8.68. The topological polar surface area (TPSA) is 62.2 Å². The molecule has 1 heterocycles. The van der Waals surface area contributed by atoms with E-state index >= 15 is 0 Å². The molecule has 2 N–H and O–H groups in total. The summed E-state index contributed by atoms with van der Waals surface area (Å²) >= 11 is 1.24. The Morgan fingerprint density at radius 1 is 1.47 bits per heavy atom. The molecular weight excluding hydrogens is 243 g/mol. The zero-order chi connectivity index (χ0) is 12.3. The zero-order valence-corrected chi connectivity index (χ0v) is 9.50. The summed E-state index contributed by atoms with van der Waals surface area (Å²) in [7, 11) is 0. The van der Waals surface area contributed by atoms with Crippen molar-refractivity contribution in [3.63, 3.8) is 0 Å². The maximum atomic E-state index is 13.3. The number of nitrogens with one attached hydrogen (secondary N) is 1. The molecule has 88 valence electrons. The summed E-state index contributed by atoms with van der Waals surface area (Å²) in [4.78, 5) is 14.5. The van der Waals surface area contributed by atoms with Gasteiger partial charge in [0, 0.05) is 5.38 Å². The number of thiazole rings is 1. The second-order valence-corrected chi connectivity index (χ2v) is 4.18. The number of rotatable bonds is 4. The van der Waals surface area contributed by atoms with Crippen molar-refractivity contribution in [2.75, 3.05) is 5.32 Å². The van der Waals surface area contributed by atoms with Gasteiger partial charge in [0.05, 0.1) is 17.8 Å². The summed E-state index contributed by atoms with van der Waals surface area (Å²) in [6.45, 7) is 0. The Bertz CT molecular complexity index is 542. The lowest BCUT2D eigenvalue weighted by Gasteiger charge is -2.02. The summed E-state index contributed by atoms with van der Waals surface area (Å²) in [5, 5.41) is 13.5. The van der Waals surface area contributed by atoms with Gasteiger partial charge in [-0.1, -0.05) is 12.1 Å². The first-order valence-corrected chi connectivity index (χ1v) is 5.71. The van der Waals surface area contributed by atoms with Crippen molar-refractivity contribution in [1.29, 1.82) is 0 Å². The molecule has 0 aliphatic heterocycles. The van der Waals surface area contributed by atoms with Crippen LogP contribution in [0.5, 0.6) is 0 Å². The number of aromatic nitrogens is 1. The van der Waals surface area contributed by atoms with Crippen molar-refractivity contribution >= 4 is 28.1 Å². The van der Waals surface area contributed by atoms with Gasteiger partial charge in [0.1, 0.15) is 5.82 Å². The first-order valence-electron chi connectivity index (χ1n) is 4.83. The minimum absolute atomic E-state index is 0.130. The van der Waals surface area contributed by atoms with Crippen LogP contribution in [0.3, 0.4) is 0 Å². The fourth-order valence-corrected chi connectivity index (χ4v) is 2.00. The molecule has 0 fully saturated rings. The second kappa shape index (κ2) is 4.92. The van der Waals surface area contributed by atoms with Gasteiger partial charge >= 0.3 is 5.97 Å². The van der Waals surface area contributed by atoms with Gasteiger partial charge in [-0.2, -0.15) is 0 Å². The molecule has 0 aliphatic carbocycles. The monoisotopic (exact) mass is 252 g/mol. The van der Waals surface area contributed by atoms with E-state index in [4.69, 9.17) is 5.11 Å². The van der Waals surface area contributed by atoms with E-state index in [-0.39, 0.29) is 12.2 Å². The standard InChI is InChI=1S/C11H9FN2O2S/c12-8-3-1-2-4-9(8)14-11-13-7(6-17-11)5-10(15)16/h1-4,6H,5H2,(H,13,14)(H,15,16). The molecule has 2 rings (SSSR count). The van der Waals surface area contributed by atoms with Crippen LogP contribution in [-0.4, -0.2) is 16.1 Å². The van der Waals surface area contributed by atoms with Crippen molar-refractivity contribution in [3.8, 4) is 0 Å². The number of aliphatic carboxylic acids is 1. The number of benzene rings is 1. The molecule has 0 aliphatic rings. The smallest absolute Gasteiger partial charge is 0.309 e. The summed E-state index contributed by atoms with van der Waals surface area (Å²) < 4.78 is 13.3. The number of hydrogen-bond donors (Lipinski definition) is 2. The number of nitrogens with zero attached hydrogens (tertiary/aromatic N) is 1. The van der Waals surface area contributed by atoms with Gasteiger partial charge in [-0.3, -0.25) is 4.79 Å². The third-order valence-corrected chi connectivity index (χ3v) is 2.81. The number of hydrogen-bond acceptors (Lipinski definition) is 4. The summed E-state index contributed by atoms with van der Waals surface area (Å²) in [6, 6.07) is 6.23. The molecule has 2 aromatic rings. The molecular formula is C11H9FN2O2S. The normalized spacial score (nSPS) is 10.2. The van der Waals surface area contributed by atoms with Crippen LogP contribution in [0.25, 0.3) is 0 Å². The lowest BCUT2D eigenvalue weighted by atomic mass is 10.3. The van der Waals surface area contributed by atoms with Crippen LogP contribution in [0.1, 0.15) is 5.69 Å². The number of anilines is 2. The molecule has 0 saturated carbocycles. The Hall–Kier alpha value is -1.95. The summed E-state index contributed by atoms with van der Waals surface area (Å²) in [5.41, 5.74) is 0.782. The number of carboxylic acids is 1. The van der Waals surface area contributed by atoms with Crippen LogP contribution >= 0.6 is 11.3 Å². The van der Waals surface area contributed by atoms with Gasteiger partial charge in [-0.25, -0.2) is 9.37 Å². The predicted molar refractivity (Wildman–Crippen MR) is 63.1 cm³/mol. The second-order valence-electron chi connectivity index (χ2n) is 3.32. The van der Waals surface area contributed by atoms with E-state index < -0.39 is 5.97 Å². The Labute approximate surface area is 101 Å². The first kappa shape index (κ1) is 11.5. The third-order valence-electron chi connectivity index (χ3n) is 2.00. The minimum Gasteiger partial charge on any atom is -0.481 e. The van der Waals surface area contributed by atoms with E-state index in [9.17, 15) is 9.18 Å². The van der Waals surface area contributed by atoms with Crippen molar-refractivity contribution < 1.29 is 14.3 Å². The Balaban J connectivity index is 2.12. The van der Waals surface area contributed by atoms with E-state index in [0.717, 1.165) is 0 Å². The van der Waals surface area contributed by atoms with Gasteiger partial charge in [0.15, 0.2) is 5.13 Å². The lowest BCUT2D eigenvalue weighted by molar-refractivity contribution is -0.136. The van der Waals surface area contributed by atoms with Crippen LogP contribution in [0.4, 0.5) is 15.2 Å². The van der Waals surface area contributed by atoms with Crippen molar-refractivity contribution in [2.24, 2.45) is 0 Å². The molecule has 0 atom stereocenters. The highest BCUT2D eigenvalue weighted by Gasteiger charge is 2.07. The van der Waals surface area contributed by atoms with Gasteiger partial charge in [-0.05, 0) is 12.1 Å². The van der Waals surface area contributed by atoms with Crippen LogP contribution in [-0.2, 0) is 11.2 Å². The predicted octanol–water partition coefficient (Wildman–Crippen LogP) is 2.65. The fourth-order valence-electron chi connectivity index (χ4n) is 1.28. The van der Waals surface area contributed by atoms with Crippen LogP contribution in [0.15, 0.2) is 29.6 Å². The molecule has 0 bridgehead atoms. The Morgan fingerprint density at radius 2 is 2.24 bits per heavy atom. The van der Waals surface area contributed by atoms with Crippen molar-refractivity contribution in [1.82, 2.24) is 4.98 Å². The van der Waals surface area contributed by atoms with Gasteiger partial charge in [0.25, 0.3) is 0 Å². The quantitative estimate of drug-likeness (QED) is 0.878. The highest BCUT2D eigenvalue weighted by atomic mass is 32.1. The number of carboxylic acid groups (broad SMARTS) is 1. The lowest BCUT2D eigenvalue weighted by Crippen LogP contribution is -2.00. The van der Waals surface area contributed by atoms with E-state index in [1.807, 2.05) is 0 Å². The molecule has 0 saturated heterocycles. The summed E-state index contributed by atoms with van der Waals surface area (Å²) in [5.74, 6) is -1.31. The van der Waals surface area contributed by atoms with Gasteiger partial charge in [-0.15, -0.1) is 11.3 Å². The SMILES string of the molecule is O=C(O)Cc1csc(Nc2ccccc2F)n1. The number of para-hydroxylation sites is 1. The molecule has 0 spiro atoms. The molecule has 0 radical (unpaired) electrons. The third kappa shape index (κ3) is 3.01. The van der Waals surface area contributed by atoms with Crippen LogP contribution < -0.4 is 5.32 Å². The van der Waals surface area contributed by atoms with E-state index in [1.54, 1.807) is 23.6 Å².